The summed E-state index contributed by atoms with van der Waals surface area (Å²) >= 11 is 5.80. The Kier molecular flexibility index (Phi) is 7.15. The highest BCUT2D eigenvalue weighted by Gasteiger charge is 2.21. The van der Waals surface area contributed by atoms with Crippen LogP contribution in [0.25, 0.3) is 0 Å². The SMILES string of the molecule is COc1ccc(CCc2ccc(NC(=O)C(=O)c3cccc(Cl)c3O)cc2)cc1OC. The molecule has 0 aliphatic rings. The Morgan fingerprint density at radius 2 is 1.55 bits per heavy atom. The Morgan fingerprint density at radius 3 is 2.23 bits per heavy atom. The van der Waals surface area contributed by atoms with Crippen LogP contribution in [0.1, 0.15) is 21.5 Å². The van der Waals surface area contributed by atoms with E-state index in [-0.39, 0.29) is 10.6 Å². The van der Waals surface area contributed by atoms with Gasteiger partial charge in [-0.05, 0) is 60.4 Å². The van der Waals surface area contributed by atoms with E-state index in [2.05, 4.69) is 5.32 Å². The van der Waals surface area contributed by atoms with Gasteiger partial charge in [-0.15, -0.1) is 0 Å². The summed E-state index contributed by atoms with van der Waals surface area (Å²) in [4.78, 5) is 24.5. The maximum absolute atomic E-state index is 12.3. The average molecular weight is 440 g/mol. The van der Waals surface area contributed by atoms with Crippen molar-refractivity contribution in [3.05, 3.63) is 82.4 Å². The molecule has 0 radical (unpaired) electrons. The van der Waals surface area contributed by atoms with Crippen molar-refractivity contribution in [2.75, 3.05) is 19.5 Å². The quantitative estimate of drug-likeness (QED) is 0.393. The lowest BCUT2D eigenvalue weighted by Gasteiger charge is -2.10. The summed E-state index contributed by atoms with van der Waals surface area (Å²) in [6.07, 6.45) is 1.59. The number of aryl methyl sites for hydroxylation is 2. The van der Waals surface area contributed by atoms with Gasteiger partial charge in [-0.3, -0.25) is 9.59 Å². The molecule has 0 unspecified atom stereocenters. The number of halogens is 1. The molecule has 0 saturated heterocycles. The van der Waals surface area contributed by atoms with Gasteiger partial charge < -0.3 is 19.9 Å². The number of amides is 1. The fourth-order valence-corrected chi connectivity index (χ4v) is 3.26. The Hall–Kier alpha value is -3.51. The van der Waals surface area contributed by atoms with Crippen molar-refractivity contribution in [1.29, 1.82) is 0 Å². The number of anilines is 1. The second-order valence-corrected chi connectivity index (χ2v) is 7.21. The van der Waals surface area contributed by atoms with Crippen molar-refractivity contribution >= 4 is 29.0 Å². The lowest BCUT2D eigenvalue weighted by Crippen LogP contribution is -2.23. The second-order valence-electron chi connectivity index (χ2n) is 6.81. The molecule has 0 spiro atoms. The van der Waals surface area contributed by atoms with Crippen LogP contribution in [0.5, 0.6) is 17.2 Å². The predicted octanol–water partition coefficient (Wildman–Crippen LogP) is 4.67. The molecule has 160 valence electrons. The lowest BCUT2D eigenvalue weighted by atomic mass is 10.0. The molecular formula is C24H22ClNO5. The summed E-state index contributed by atoms with van der Waals surface area (Å²) in [5, 5.41) is 12.4. The van der Waals surface area contributed by atoms with Gasteiger partial charge in [0.05, 0.1) is 24.8 Å². The monoisotopic (exact) mass is 439 g/mol. The molecule has 3 rings (SSSR count). The fraction of sp³-hybridized carbons (Fsp3) is 0.167. The minimum absolute atomic E-state index is 0.0116. The van der Waals surface area contributed by atoms with Crippen LogP contribution >= 0.6 is 11.6 Å². The van der Waals surface area contributed by atoms with E-state index in [4.69, 9.17) is 21.1 Å². The largest absolute Gasteiger partial charge is 0.506 e. The molecule has 0 atom stereocenters. The zero-order valence-corrected chi connectivity index (χ0v) is 17.9. The first-order valence-corrected chi connectivity index (χ1v) is 9.93. The number of rotatable bonds is 8. The Labute approximate surface area is 185 Å². The average Bonchev–Trinajstić information content (AvgIpc) is 2.79. The number of ether oxygens (including phenoxy) is 2. The van der Waals surface area contributed by atoms with E-state index in [1.165, 1.54) is 18.2 Å². The smallest absolute Gasteiger partial charge is 0.296 e. The molecule has 1 amide bonds. The van der Waals surface area contributed by atoms with Crippen LogP contribution in [0.2, 0.25) is 5.02 Å². The van der Waals surface area contributed by atoms with Crippen LogP contribution in [0.15, 0.2) is 60.7 Å². The predicted molar refractivity (Wildman–Crippen MR) is 119 cm³/mol. The van der Waals surface area contributed by atoms with Gasteiger partial charge in [0.15, 0.2) is 11.5 Å². The van der Waals surface area contributed by atoms with E-state index >= 15 is 0 Å². The molecule has 7 heteroatoms. The molecule has 0 heterocycles. The molecule has 0 fully saturated rings. The molecule has 3 aromatic rings. The summed E-state index contributed by atoms with van der Waals surface area (Å²) < 4.78 is 10.6. The molecular weight excluding hydrogens is 418 g/mol. The molecule has 0 bridgehead atoms. The van der Waals surface area contributed by atoms with Gasteiger partial charge in [0.25, 0.3) is 11.7 Å². The van der Waals surface area contributed by atoms with Gasteiger partial charge >= 0.3 is 0 Å². The summed E-state index contributed by atoms with van der Waals surface area (Å²) in [7, 11) is 3.20. The van der Waals surface area contributed by atoms with Crippen molar-refractivity contribution in [2.45, 2.75) is 12.8 Å². The van der Waals surface area contributed by atoms with E-state index in [9.17, 15) is 14.7 Å². The minimum atomic E-state index is -0.863. The number of ketones is 1. The van der Waals surface area contributed by atoms with Crippen molar-refractivity contribution in [2.24, 2.45) is 0 Å². The number of phenolic OH excluding ortho intramolecular Hbond substituents is 1. The van der Waals surface area contributed by atoms with Gasteiger partial charge in [-0.2, -0.15) is 0 Å². The van der Waals surface area contributed by atoms with Gasteiger partial charge in [0.2, 0.25) is 0 Å². The number of Topliss-reactive ketones (excluding diaryl/α,β-unsaturated/α-hetero) is 1. The third-order valence-electron chi connectivity index (χ3n) is 4.80. The number of hydrogen-bond acceptors (Lipinski definition) is 5. The van der Waals surface area contributed by atoms with Crippen LogP contribution < -0.4 is 14.8 Å². The number of para-hydroxylation sites is 1. The van der Waals surface area contributed by atoms with Crippen LogP contribution in [-0.2, 0) is 17.6 Å². The van der Waals surface area contributed by atoms with Crippen LogP contribution in [0.3, 0.4) is 0 Å². The maximum Gasteiger partial charge on any atom is 0.296 e. The Balaban J connectivity index is 1.60. The first-order chi connectivity index (χ1) is 14.9. The third kappa shape index (κ3) is 5.35. The van der Waals surface area contributed by atoms with Crippen LogP contribution in [-0.4, -0.2) is 31.0 Å². The van der Waals surface area contributed by atoms with E-state index in [0.29, 0.717) is 17.2 Å². The van der Waals surface area contributed by atoms with Gasteiger partial charge in [0, 0.05) is 5.69 Å². The molecule has 0 aliphatic heterocycles. The van der Waals surface area contributed by atoms with Crippen LogP contribution in [0, 0.1) is 0 Å². The third-order valence-corrected chi connectivity index (χ3v) is 5.10. The zero-order chi connectivity index (χ0) is 22.4. The number of carbonyl (C=O) groups excluding carboxylic acids is 2. The number of carbonyl (C=O) groups is 2. The highest BCUT2D eigenvalue weighted by atomic mass is 35.5. The number of methoxy groups -OCH3 is 2. The molecule has 2 N–H and O–H groups in total. The van der Waals surface area contributed by atoms with Crippen molar-refractivity contribution in [3.8, 4) is 17.2 Å². The van der Waals surface area contributed by atoms with Crippen molar-refractivity contribution in [3.63, 3.8) is 0 Å². The number of hydrogen-bond donors (Lipinski definition) is 2. The second kappa shape index (κ2) is 10.00. The van der Waals surface area contributed by atoms with Gasteiger partial charge in [0.1, 0.15) is 5.75 Å². The Bertz CT molecular complexity index is 1100. The van der Waals surface area contributed by atoms with Crippen molar-refractivity contribution < 1.29 is 24.2 Å². The summed E-state index contributed by atoms with van der Waals surface area (Å²) in [6, 6.07) is 17.3. The molecule has 31 heavy (non-hydrogen) atoms. The highest BCUT2D eigenvalue weighted by Crippen LogP contribution is 2.29. The number of benzene rings is 3. The number of phenols is 1. The minimum Gasteiger partial charge on any atom is -0.506 e. The summed E-state index contributed by atoms with van der Waals surface area (Å²) in [6.45, 7) is 0. The zero-order valence-electron chi connectivity index (χ0n) is 17.1. The summed E-state index contributed by atoms with van der Waals surface area (Å²) in [5.41, 5.74) is 2.53. The van der Waals surface area contributed by atoms with Crippen molar-refractivity contribution in [1.82, 2.24) is 0 Å². The molecule has 3 aromatic carbocycles. The molecule has 0 aromatic heterocycles. The first-order valence-electron chi connectivity index (χ1n) is 9.56. The topological polar surface area (TPSA) is 84.9 Å². The number of nitrogens with one attached hydrogen (secondary N) is 1. The highest BCUT2D eigenvalue weighted by molar-refractivity contribution is 6.47. The molecule has 0 saturated carbocycles. The van der Waals surface area contributed by atoms with E-state index in [1.807, 2.05) is 30.3 Å². The lowest BCUT2D eigenvalue weighted by molar-refractivity contribution is -0.112. The molecule has 6 nitrogen and oxygen atoms in total. The van der Waals surface area contributed by atoms with E-state index < -0.39 is 17.4 Å². The Morgan fingerprint density at radius 1 is 0.903 bits per heavy atom. The summed E-state index contributed by atoms with van der Waals surface area (Å²) in [5.74, 6) is -0.747. The van der Waals surface area contributed by atoms with E-state index in [0.717, 1.165) is 24.0 Å². The van der Waals surface area contributed by atoms with Crippen LogP contribution in [0.4, 0.5) is 5.69 Å². The first kappa shape index (κ1) is 22.2. The normalized spacial score (nSPS) is 10.4. The standard InChI is InChI=1S/C24H22ClNO5/c1-30-20-13-10-16(14-21(20)31-2)7-6-15-8-11-17(12-9-15)26-24(29)23(28)18-4-3-5-19(25)22(18)27/h3-5,8-14,27H,6-7H2,1-2H3,(H,26,29). The van der Waals surface area contributed by atoms with E-state index in [1.54, 1.807) is 26.4 Å². The van der Waals surface area contributed by atoms with Gasteiger partial charge in [-0.25, -0.2) is 0 Å². The maximum atomic E-state index is 12.3. The number of aromatic hydroxyl groups is 1. The fourth-order valence-electron chi connectivity index (χ4n) is 3.09. The van der Waals surface area contributed by atoms with Gasteiger partial charge in [-0.1, -0.05) is 35.9 Å². The molecule has 0 aliphatic carbocycles.